The summed E-state index contributed by atoms with van der Waals surface area (Å²) in [5, 5.41) is 0. The van der Waals surface area contributed by atoms with Crippen molar-refractivity contribution < 1.29 is 19.1 Å². The van der Waals surface area contributed by atoms with E-state index >= 15 is 0 Å². The Balaban J connectivity index is 1.54. The minimum atomic E-state index is -0.487. The Morgan fingerprint density at radius 2 is 2.00 bits per heavy atom. The molecule has 136 valence electrons. The summed E-state index contributed by atoms with van der Waals surface area (Å²) >= 11 is 0. The van der Waals surface area contributed by atoms with Crippen LogP contribution >= 0.6 is 0 Å². The first-order valence-corrected chi connectivity index (χ1v) is 8.62. The van der Waals surface area contributed by atoms with Crippen LogP contribution in [0.1, 0.15) is 34.3 Å². The van der Waals surface area contributed by atoms with E-state index in [1.165, 1.54) is 5.56 Å². The number of hydrogen-bond donors (Lipinski definition) is 2. The summed E-state index contributed by atoms with van der Waals surface area (Å²) in [6, 6.07) is 14.9. The molecule has 1 fully saturated rings. The number of carbonyl (C=O) groups is 2. The molecular formula is C20H22N2O4. The van der Waals surface area contributed by atoms with E-state index in [1.807, 2.05) is 25.1 Å². The first-order valence-electron chi connectivity index (χ1n) is 8.62. The molecule has 1 unspecified atom stereocenters. The highest BCUT2D eigenvalue weighted by Gasteiger charge is 2.23. The Morgan fingerprint density at radius 1 is 1.15 bits per heavy atom. The standard InChI is InChI=1S/C20H22N2O4/c1-14-5-2-6-15(11-14)13-26-17-8-3-7-16(12-17)19(23)21-22-20(24)18-9-4-10-25-18/h2-3,5-8,11-12,18H,4,9-10,13H2,1H3,(H,21,23)(H,22,24). The normalized spacial score (nSPS) is 16.1. The zero-order valence-electron chi connectivity index (χ0n) is 14.7. The maximum absolute atomic E-state index is 12.2. The molecule has 0 saturated carbocycles. The van der Waals surface area contributed by atoms with Crippen LogP contribution in [0.2, 0.25) is 0 Å². The molecule has 0 aromatic heterocycles. The molecule has 6 heteroatoms. The SMILES string of the molecule is Cc1cccc(COc2cccc(C(=O)NNC(=O)C3CCCO3)c2)c1. The van der Waals surface area contributed by atoms with E-state index in [-0.39, 0.29) is 5.91 Å². The fourth-order valence-electron chi connectivity index (χ4n) is 2.75. The second-order valence-electron chi connectivity index (χ2n) is 6.25. The van der Waals surface area contributed by atoms with Crippen LogP contribution in [0.4, 0.5) is 0 Å². The van der Waals surface area contributed by atoms with Gasteiger partial charge in [0.1, 0.15) is 18.5 Å². The fraction of sp³-hybridized carbons (Fsp3) is 0.300. The minimum Gasteiger partial charge on any atom is -0.489 e. The summed E-state index contributed by atoms with van der Waals surface area (Å²) in [4.78, 5) is 24.1. The third-order valence-corrected chi connectivity index (χ3v) is 4.11. The van der Waals surface area contributed by atoms with Gasteiger partial charge in [-0.25, -0.2) is 0 Å². The molecule has 3 rings (SSSR count). The number of hydrazine groups is 1. The molecule has 0 aliphatic carbocycles. The highest BCUT2D eigenvalue weighted by Crippen LogP contribution is 2.16. The lowest BCUT2D eigenvalue weighted by Crippen LogP contribution is -2.46. The molecule has 2 aromatic rings. The van der Waals surface area contributed by atoms with Crippen LogP contribution in [-0.4, -0.2) is 24.5 Å². The molecule has 1 heterocycles. The number of nitrogens with one attached hydrogen (secondary N) is 2. The van der Waals surface area contributed by atoms with E-state index in [0.29, 0.717) is 30.9 Å². The second kappa shape index (κ2) is 8.49. The monoisotopic (exact) mass is 354 g/mol. The lowest BCUT2D eigenvalue weighted by Gasteiger charge is -2.12. The zero-order chi connectivity index (χ0) is 18.4. The van der Waals surface area contributed by atoms with Crippen molar-refractivity contribution in [3.8, 4) is 5.75 Å². The van der Waals surface area contributed by atoms with Gasteiger partial charge in [0.25, 0.3) is 11.8 Å². The van der Waals surface area contributed by atoms with Crippen LogP contribution in [0.15, 0.2) is 48.5 Å². The first kappa shape index (κ1) is 17.9. The van der Waals surface area contributed by atoms with Gasteiger partial charge in [-0.2, -0.15) is 0 Å². The van der Waals surface area contributed by atoms with Crippen LogP contribution in [0, 0.1) is 6.92 Å². The molecule has 1 saturated heterocycles. The average Bonchev–Trinajstić information content (AvgIpc) is 3.19. The Labute approximate surface area is 152 Å². The number of carbonyl (C=O) groups excluding carboxylic acids is 2. The number of benzene rings is 2. The van der Waals surface area contributed by atoms with Crippen molar-refractivity contribution in [2.45, 2.75) is 32.5 Å². The summed E-state index contributed by atoms with van der Waals surface area (Å²) in [6.07, 6.45) is 1.04. The van der Waals surface area contributed by atoms with E-state index in [9.17, 15) is 9.59 Å². The molecule has 0 bridgehead atoms. The maximum Gasteiger partial charge on any atom is 0.269 e. The number of rotatable bonds is 5. The number of amides is 2. The van der Waals surface area contributed by atoms with Gasteiger partial charge in [0.15, 0.2) is 0 Å². The third kappa shape index (κ3) is 4.83. The number of hydrogen-bond acceptors (Lipinski definition) is 4. The molecule has 6 nitrogen and oxygen atoms in total. The van der Waals surface area contributed by atoms with Gasteiger partial charge in [-0.15, -0.1) is 0 Å². The van der Waals surface area contributed by atoms with Gasteiger partial charge in [-0.05, 0) is 43.5 Å². The smallest absolute Gasteiger partial charge is 0.269 e. The number of ether oxygens (including phenoxy) is 2. The molecule has 1 aliphatic rings. The Hall–Kier alpha value is -2.86. The van der Waals surface area contributed by atoms with Gasteiger partial charge < -0.3 is 9.47 Å². The van der Waals surface area contributed by atoms with E-state index < -0.39 is 12.0 Å². The molecule has 2 aromatic carbocycles. The van der Waals surface area contributed by atoms with Crippen LogP contribution in [0.5, 0.6) is 5.75 Å². The molecule has 1 atom stereocenters. The third-order valence-electron chi connectivity index (χ3n) is 4.11. The molecule has 0 radical (unpaired) electrons. The van der Waals surface area contributed by atoms with Crippen molar-refractivity contribution in [1.29, 1.82) is 0 Å². The predicted octanol–water partition coefficient (Wildman–Crippen LogP) is 2.51. The van der Waals surface area contributed by atoms with Gasteiger partial charge in [-0.1, -0.05) is 35.9 Å². The molecular weight excluding hydrogens is 332 g/mol. The van der Waals surface area contributed by atoms with Crippen LogP contribution in [0.25, 0.3) is 0 Å². The minimum absolute atomic E-state index is 0.331. The second-order valence-corrected chi connectivity index (χ2v) is 6.25. The highest BCUT2D eigenvalue weighted by molar-refractivity contribution is 5.96. The van der Waals surface area contributed by atoms with Crippen molar-refractivity contribution in [2.24, 2.45) is 0 Å². The van der Waals surface area contributed by atoms with Crippen LogP contribution in [0.3, 0.4) is 0 Å². The Bertz CT molecular complexity index is 785. The van der Waals surface area contributed by atoms with E-state index in [1.54, 1.807) is 24.3 Å². The molecule has 26 heavy (non-hydrogen) atoms. The lowest BCUT2D eigenvalue weighted by molar-refractivity contribution is -0.130. The largest absolute Gasteiger partial charge is 0.489 e. The summed E-state index contributed by atoms with van der Waals surface area (Å²) < 4.78 is 11.0. The highest BCUT2D eigenvalue weighted by atomic mass is 16.5. The summed E-state index contributed by atoms with van der Waals surface area (Å²) in [6.45, 7) is 3.02. The van der Waals surface area contributed by atoms with Crippen LogP contribution in [-0.2, 0) is 16.1 Å². The van der Waals surface area contributed by atoms with Gasteiger partial charge >= 0.3 is 0 Å². The van der Waals surface area contributed by atoms with Crippen molar-refractivity contribution in [3.05, 3.63) is 65.2 Å². The van der Waals surface area contributed by atoms with Crippen molar-refractivity contribution in [2.75, 3.05) is 6.61 Å². The Morgan fingerprint density at radius 3 is 2.77 bits per heavy atom. The van der Waals surface area contributed by atoms with Gasteiger partial charge in [0, 0.05) is 12.2 Å². The molecule has 1 aliphatic heterocycles. The molecule has 2 amide bonds. The van der Waals surface area contributed by atoms with Gasteiger partial charge in [0.05, 0.1) is 0 Å². The summed E-state index contributed by atoms with van der Waals surface area (Å²) in [5.41, 5.74) is 7.44. The fourth-order valence-corrected chi connectivity index (χ4v) is 2.75. The van der Waals surface area contributed by atoms with E-state index in [0.717, 1.165) is 12.0 Å². The van der Waals surface area contributed by atoms with Gasteiger partial charge in [0.2, 0.25) is 0 Å². The van der Waals surface area contributed by atoms with Crippen molar-refractivity contribution in [1.82, 2.24) is 10.9 Å². The maximum atomic E-state index is 12.2. The zero-order valence-corrected chi connectivity index (χ0v) is 14.7. The lowest BCUT2D eigenvalue weighted by atomic mass is 10.1. The van der Waals surface area contributed by atoms with E-state index in [2.05, 4.69) is 16.9 Å². The predicted molar refractivity (Wildman–Crippen MR) is 96.5 cm³/mol. The van der Waals surface area contributed by atoms with E-state index in [4.69, 9.17) is 9.47 Å². The molecule has 2 N–H and O–H groups in total. The Kier molecular flexibility index (Phi) is 5.86. The van der Waals surface area contributed by atoms with Gasteiger partial charge in [-0.3, -0.25) is 20.4 Å². The first-order chi connectivity index (χ1) is 12.6. The summed E-state index contributed by atoms with van der Waals surface area (Å²) in [5.74, 6) is -0.148. The molecule has 0 spiro atoms. The average molecular weight is 354 g/mol. The van der Waals surface area contributed by atoms with Crippen molar-refractivity contribution in [3.63, 3.8) is 0 Å². The topological polar surface area (TPSA) is 76.7 Å². The summed E-state index contributed by atoms with van der Waals surface area (Å²) in [7, 11) is 0. The van der Waals surface area contributed by atoms with Crippen LogP contribution < -0.4 is 15.6 Å². The van der Waals surface area contributed by atoms with Crippen molar-refractivity contribution >= 4 is 11.8 Å². The quantitative estimate of drug-likeness (QED) is 0.809. The number of aryl methyl sites for hydroxylation is 1.